The minimum absolute atomic E-state index is 0.0670. The van der Waals surface area contributed by atoms with Gasteiger partial charge in [0.1, 0.15) is 5.69 Å². The number of hydrogen-bond acceptors (Lipinski definition) is 4. The molecule has 130 valence electrons. The Hall–Kier alpha value is -1.99. The topological polar surface area (TPSA) is 88.3 Å². The Labute approximate surface area is 146 Å². The Balaban J connectivity index is 2.24. The molecule has 6 nitrogen and oxygen atoms in total. The van der Waals surface area contributed by atoms with Gasteiger partial charge in [0.05, 0.1) is 17.7 Å². The first-order valence-electron chi connectivity index (χ1n) is 7.33. The molecule has 0 bridgehead atoms. The molecule has 1 aromatic carbocycles. The van der Waals surface area contributed by atoms with Crippen LogP contribution in [0.3, 0.4) is 0 Å². The van der Waals surface area contributed by atoms with Crippen LogP contribution in [0.4, 0.5) is 5.69 Å². The number of aryl methyl sites for hydroxylation is 2. The summed E-state index contributed by atoms with van der Waals surface area (Å²) in [6.07, 6.45) is 1.62. The maximum Gasteiger partial charge on any atom is 0.356 e. The van der Waals surface area contributed by atoms with Crippen LogP contribution in [0.15, 0.2) is 35.2 Å². The van der Waals surface area contributed by atoms with E-state index in [1.807, 2.05) is 0 Å². The van der Waals surface area contributed by atoms with E-state index in [1.165, 1.54) is 19.2 Å². The zero-order valence-corrected chi connectivity index (χ0v) is 15.0. The first-order chi connectivity index (χ1) is 11.4. The molecule has 8 heteroatoms. The number of nitrogens with one attached hydrogen (secondary N) is 2. The quantitative estimate of drug-likeness (QED) is 0.579. The molecule has 0 saturated carbocycles. The summed E-state index contributed by atoms with van der Waals surface area (Å²) in [6.45, 7) is 1.72. The molecule has 0 spiro atoms. The van der Waals surface area contributed by atoms with Crippen molar-refractivity contribution in [2.75, 3.05) is 17.7 Å². The van der Waals surface area contributed by atoms with E-state index in [1.54, 1.807) is 25.1 Å². The van der Waals surface area contributed by atoms with E-state index in [2.05, 4.69) is 14.4 Å². The summed E-state index contributed by atoms with van der Waals surface area (Å²) in [6, 6.07) is 8.11. The van der Waals surface area contributed by atoms with Gasteiger partial charge in [0, 0.05) is 11.6 Å². The van der Waals surface area contributed by atoms with Gasteiger partial charge in [0.2, 0.25) is 0 Å². The lowest BCUT2D eigenvalue weighted by Crippen LogP contribution is -2.15. The smallest absolute Gasteiger partial charge is 0.356 e. The van der Waals surface area contributed by atoms with Crippen molar-refractivity contribution in [1.29, 1.82) is 0 Å². The van der Waals surface area contributed by atoms with Gasteiger partial charge in [0.25, 0.3) is 10.0 Å². The van der Waals surface area contributed by atoms with E-state index in [4.69, 9.17) is 11.6 Å². The zero-order valence-electron chi connectivity index (χ0n) is 13.4. The lowest BCUT2D eigenvalue weighted by atomic mass is 10.1. The van der Waals surface area contributed by atoms with E-state index in [9.17, 15) is 13.2 Å². The summed E-state index contributed by atoms with van der Waals surface area (Å²) in [5.41, 5.74) is 1.88. The third kappa shape index (κ3) is 4.30. The van der Waals surface area contributed by atoms with Crippen molar-refractivity contribution in [1.82, 2.24) is 4.98 Å². The number of hydrogen-bond donors (Lipinski definition) is 2. The SMILES string of the molecule is COC(=O)c1[nH]c(C)cc1NS(=O)(=O)c1ccc(CCCCl)cc1. The number of sulfonamides is 1. The first kappa shape index (κ1) is 18.4. The molecule has 24 heavy (non-hydrogen) atoms. The number of H-pyrrole nitrogens is 1. The summed E-state index contributed by atoms with van der Waals surface area (Å²) < 4.78 is 32.1. The Morgan fingerprint density at radius 2 is 1.96 bits per heavy atom. The minimum Gasteiger partial charge on any atom is -0.464 e. The van der Waals surface area contributed by atoms with Gasteiger partial charge in [-0.3, -0.25) is 4.72 Å². The van der Waals surface area contributed by atoms with Crippen LogP contribution in [0.5, 0.6) is 0 Å². The molecule has 2 rings (SSSR count). The summed E-state index contributed by atoms with van der Waals surface area (Å²) in [5, 5.41) is 0. The van der Waals surface area contributed by atoms with Crippen molar-refractivity contribution in [3.8, 4) is 0 Å². The first-order valence-corrected chi connectivity index (χ1v) is 9.35. The van der Waals surface area contributed by atoms with Crippen LogP contribution in [0.2, 0.25) is 0 Å². The number of esters is 1. The molecule has 0 atom stereocenters. The average molecular weight is 371 g/mol. The van der Waals surface area contributed by atoms with Crippen LogP contribution in [0.1, 0.15) is 28.2 Å². The second-order valence-electron chi connectivity index (χ2n) is 5.27. The normalized spacial score (nSPS) is 11.3. The molecule has 0 aliphatic heterocycles. The molecule has 2 aromatic rings. The summed E-state index contributed by atoms with van der Waals surface area (Å²) in [7, 11) is -2.57. The molecule has 0 amide bonds. The van der Waals surface area contributed by atoms with Crippen LogP contribution in [-0.2, 0) is 21.2 Å². The lowest BCUT2D eigenvalue weighted by Gasteiger charge is -2.09. The average Bonchev–Trinajstić information content (AvgIpc) is 2.92. The molecule has 0 fully saturated rings. The third-order valence-corrected chi connectivity index (χ3v) is 5.07. The van der Waals surface area contributed by atoms with Crippen molar-refractivity contribution in [3.05, 3.63) is 47.3 Å². The molecule has 0 saturated heterocycles. The van der Waals surface area contributed by atoms with Gasteiger partial charge in [-0.15, -0.1) is 11.6 Å². The predicted octanol–water partition coefficient (Wildman–Crippen LogP) is 3.08. The molecular weight excluding hydrogens is 352 g/mol. The number of carbonyl (C=O) groups is 1. The van der Waals surface area contributed by atoms with Gasteiger partial charge in [-0.1, -0.05) is 12.1 Å². The number of rotatable bonds is 7. The van der Waals surface area contributed by atoms with Crippen LogP contribution in [-0.4, -0.2) is 32.4 Å². The molecule has 2 N–H and O–H groups in total. The second-order valence-corrected chi connectivity index (χ2v) is 7.33. The molecule has 1 heterocycles. The fourth-order valence-electron chi connectivity index (χ4n) is 2.24. The Morgan fingerprint density at radius 1 is 1.29 bits per heavy atom. The van der Waals surface area contributed by atoms with Gasteiger partial charge >= 0.3 is 5.97 Å². The van der Waals surface area contributed by atoms with Crippen molar-refractivity contribution in [2.45, 2.75) is 24.7 Å². The van der Waals surface area contributed by atoms with E-state index in [0.717, 1.165) is 18.4 Å². The number of aromatic nitrogens is 1. The molecule has 0 radical (unpaired) electrons. The van der Waals surface area contributed by atoms with Gasteiger partial charge in [-0.2, -0.15) is 0 Å². The fraction of sp³-hybridized carbons (Fsp3) is 0.312. The Kier molecular flexibility index (Phi) is 5.90. The maximum atomic E-state index is 12.5. The summed E-state index contributed by atoms with van der Waals surface area (Å²) >= 11 is 5.65. The number of benzene rings is 1. The summed E-state index contributed by atoms with van der Waals surface area (Å²) in [5.74, 6) is -0.0812. The zero-order chi connectivity index (χ0) is 17.7. The molecule has 0 aliphatic rings. The standard InChI is InChI=1S/C16H19ClN2O4S/c1-11-10-14(15(18-11)16(20)23-2)19-24(21,22)13-7-5-12(6-8-13)4-3-9-17/h5-8,10,18-19H,3-4,9H2,1-2H3. The maximum absolute atomic E-state index is 12.5. The Morgan fingerprint density at radius 3 is 2.54 bits per heavy atom. The van der Waals surface area contributed by atoms with Crippen molar-refractivity contribution < 1.29 is 17.9 Å². The van der Waals surface area contributed by atoms with E-state index < -0.39 is 16.0 Å². The largest absolute Gasteiger partial charge is 0.464 e. The predicted molar refractivity (Wildman–Crippen MR) is 93.2 cm³/mol. The lowest BCUT2D eigenvalue weighted by molar-refractivity contribution is 0.0596. The van der Waals surface area contributed by atoms with Crippen LogP contribution >= 0.6 is 11.6 Å². The highest BCUT2D eigenvalue weighted by Gasteiger charge is 2.21. The number of anilines is 1. The van der Waals surface area contributed by atoms with Crippen LogP contribution in [0, 0.1) is 6.92 Å². The number of aromatic amines is 1. The highest BCUT2D eigenvalue weighted by Crippen LogP contribution is 2.22. The Bertz CT molecular complexity index is 813. The number of ether oxygens (including phenoxy) is 1. The van der Waals surface area contributed by atoms with Crippen LogP contribution in [0.25, 0.3) is 0 Å². The fourth-order valence-corrected chi connectivity index (χ4v) is 3.44. The highest BCUT2D eigenvalue weighted by molar-refractivity contribution is 7.92. The van der Waals surface area contributed by atoms with Gasteiger partial charge in [-0.25, -0.2) is 13.2 Å². The molecule has 1 aromatic heterocycles. The second kappa shape index (κ2) is 7.72. The monoisotopic (exact) mass is 370 g/mol. The number of alkyl halides is 1. The number of methoxy groups -OCH3 is 1. The van der Waals surface area contributed by atoms with Crippen molar-refractivity contribution in [3.63, 3.8) is 0 Å². The molecule has 0 unspecified atom stereocenters. The third-order valence-electron chi connectivity index (χ3n) is 3.42. The van der Waals surface area contributed by atoms with E-state index in [-0.39, 0.29) is 16.3 Å². The van der Waals surface area contributed by atoms with Crippen molar-refractivity contribution in [2.24, 2.45) is 0 Å². The van der Waals surface area contributed by atoms with Gasteiger partial charge in [-0.05, 0) is 43.5 Å². The van der Waals surface area contributed by atoms with Crippen LogP contribution < -0.4 is 4.72 Å². The van der Waals surface area contributed by atoms with Crippen molar-refractivity contribution >= 4 is 33.3 Å². The van der Waals surface area contributed by atoms with E-state index >= 15 is 0 Å². The summed E-state index contributed by atoms with van der Waals surface area (Å²) in [4.78, 5) is 14.6. The molecular formula is C16H19ClN2O4S. The number of halogens is 1. The van der Waals surface area contributed by atoms with E-state index in [0.29, 0.717) is 11.6 Å². The highest BCUT2D eigenvalue weighted by atomic mass is 35.5. The number of carbonyl (C=O) groups excluding carboxylic acids is 1. The van der Waals surface area contributed by atoms with Gasteiger partial charge < -0.3 is 9.72 Å². The molecule has 0 aliphatic carbocycles. The van der Waals surface area contributed by atoms with Gasteiger partial charge in [0.15, 0.2) is 0 Å². The minimum atomic E-state index is -3.81.